The Morgan fingerprint density at radius 3 is 2.45 bits per heavy atom. The summed E-state index contributed by atoms with van der Waals surface area (Å²) in [5, 5.41) is 15.2. The van der Waals surface area contributed by atoms with Crippen LogP contribution in [0.2, 0.25) is 0 Å². The second-order valence-electron chi connectivity index (χ2n) is 6.46. The maximum absolute atomic E-state index is 13.5. The Hall–Kier alpha value is -3.68. The van der Waals surface area contributed by atoms with E-state index < -0.39 is 6.04 Å². The molecule has 8 heteroatoms. The van der Waals surface area contributed by atoms with Crippen molar-refractivity contribution in [1.82, 2.24) is 25.6 Å². The van der Waals surface area contributed by atoms with Crippen molar-refractivity contribution >= 4 is 22.8 Å². The summed E-state index contributed by atoms with van der Waals surface area (Å²) in [5.41, 5.74) is 2.98. The van der Waals surface area contributed by atoms with Crippen molar-refractivity contribution < 1.29 is 9.18 Å². The summed E-state index contributed by atoms with van der Waals surface area (Å²) in [6.45, 7) is 5.55. The van der Waals surface area contributed by atoms with Gasteiger partial charge in [-0.1, -0.05) is 30.3 Å². The molecule has 0 bridgehead atoms. The lowest BCUT2D eigenvalue weighted by Gasteiger charge is -2.25. The minimum atomic E-state index is -1.49. The molecule has 7 nitrogen and oxygen atoms in total. The average molecular weight is 390 g/mol. The van der Waals surface area contributed by atoms with Gasteiger partial charge in [-0.05, 0) is 42.8 Å². The molecule has 146 valence electrons. The van der Waals surface area contributed by atoms with Gasteiger partial charge in [-0.25, -0.2) is 4.98 Å². The van der Waals surface area contributed by atoms with Crippen molar-refractivity contribution in [2.75, 3.05) is 18.0 Å². The molecule has 0 amide bonds. The quantitative estimate of drug-likeness (QED) is 0.500. The summed E-state index contributed by atoms with van der Waals surface area (Å²) in [7, 11) is 0. The highest BCUT2D eigenvalue weighted by atomic mass is 19.1. The summed E-state index contributed by atoms with van der Waals surface area (Å²) in [6, 6.07) is 12.8. The molecule has 2 aromatic carbocycles. The molecule has 0 unspecified atom stereocenters. The molecule has 0 aliphatic rings. The Balaban J connectivity index is 2.18. The van der Waals surface area contributed by atoms with Gasteiger partial charge in [-0.2, -0.15) is 9.60 Å². The molecule has 0 aliphatic carbocycles. The number of aromatic amines is 1. The number of carbonyl (C=O) groups excluding carboxylic acids is 1. The number of nitrogens with zero attached hydrogens (tertiary/aromatic N) is 5. The first-order valence-corrected chi connectivity index (χ1v) is 9.35. The van der Waals surface area contributed by atoms with Crippen molar-refractivity contribution in [3.63, 3.8) is 0 Å². The van der Waals surface area contributed by atoms with Gasteiger partial charge in [0.2, 0.25) is 5.82 Å². The highest BCUT2D eigenvalue weighted by Crippen LogP contribution is 2.41. The van der Waals surface area contributed by atoms with Gasteiger partial charge in [-0.15, -0.1) is 10.2 Å². The molecule has 1 N–H and O–H groups in total. The van der Waals surface area contributed by atoms with E-state index in [1.165, 1.54) is 12.1 Å². The van der Waals surface area contributed by atoms with Gasteiger partial charge in [-0.3, -0.25) is 4.79 Å². The summed E-state index contributed by atoms with van der Waals surface area (Å²) in [4.78, 5) is 18.3. The Morgan fingerprint density at radius 1 is 1.07 bits per heavy atom. The molecule has 0 atom stereocenters. The predicted octanol–water partition coefficient (Wildman–Crippen LogP) is 4.04. The first-order chi connectivity index (χ1) is 14.1. The number of tetrazole rings is 1. The molecule has 0 aliphatic heterocycles. The minimum Gasteiger partial charge on any atom is -0.357 e. The third kappa shape index (κ3) is 3.33. The van der Waals surface area contributed by atoms with Crippen LogP contribution in [0.4, 0.5) is 10.2 Å². The van der Waals surface area contributed by atoms with E-state index in [0.717, 1.165) is 24.2 Å². The number of pyridine rings is 1. The fourth-order valence-corrected chi connectivity index (χ4v) is 3.51. The molecule has 0 radical (unpaired) electrons. The zero-order chi connectivity index (χ0) is 20.4. The lowest BCUT2D eigenvalue weighted by molar-refractivity contribution is 0.0836. The van der Waals surface area contributed by atoms with Gasteiger partial charge >= 0.3 is 6.04 Å². The number of benzene rings is 2. The van der Waals surface area contributed by atoms with Crippen molar-refractivity contribution in [2.24, 2.45) is 0 Å². The van der Waals surface area contributed by atoms with Crippen LogP contribution < -0.4 is 4.90 Å². The summed E-state index contributed by atoms with van der Waals surface area (Å²) in [6.07, 6.45) is 0. The Morgan fingerprint density at radius 2 is 1.83 bits per heavy atom. The summed E-state index contributed by atoms with van der Waals surface area (Å²) >= 11 is 0. The SMILES string of the molecule is CCN(CC)c1nc2ccc(C(=O)F)cc2c(-c2ccccc2)c1-c1nn[nH]n1. The van der Waals surface area contributed by atoms with Crippen LogP contribution in [-0.4, -0.2) is 44.7 Å². The zero-order valence-electron chi connectivity index (χ0n) is 16.1. The molecular formula is C21H19FN6O. The predicted molar refractivity (Wildman–Crippen MR) is 109 cm³/mol. The zero-order valence-corrected chi connectivity index (χ0v) is 16.1. The van der Waals surface area contributed by atoms with Crippen LogP contribution in [0.25, 0.3) is 33.4 Å². The number of carbonyl (C=O) groups is 1. The number of hydrogen-bond acceptors (Lipinski definition) is 6. The van der Waals surface area contributed by atoms with E-state index in [1.54, 1.807) is 6.07 Å². The minimum absolute atomic E-state index is 0.0221. The normalized spacial score (nSPS) is 11.0. The number of H-pyrrole nitrogens is 1. The highest BCUT2D eigenvalue weighted by Gasteiger charge is 2.24. The Labute approximate surface area is 166 Å². The topological polar surface area (TPSA) is 87.7 Å². The lowest BCUT2D eigenvalue weighted by atomic mass is 9.94. The van der Waals surface area contributed by atoms with Crippen LogP contribution in [0.1, 0.15) is 24.2 Å². The first kappa shape index (κ1) is 18.7. The summed E-state index contributed by atoms with van der Waals surface area (Å²) < 4.78 is 13.5. The van der Waals surface area contributed by atoms with Gasteiger partial charge in [0, 0.05) is 24.0 Å². The largest absolute Gasteiger partial charge is 0.357 e. The number of halogens is 1. The number of anilines is 1. The highest BCUT2D eigenvalue weighted by molar-refractivity contribution is 6.07. The number of nitrogens with one attached hydrogen (secondary N) is 1. The maximum Gasteiger partial charge on any atom is 0.332 e. The van der Waals surface area contributed by atoms with E-state index in [4.69, 9.17) is 4.98 Å². The Kier molecular flexibility index (Phi) is 4.99. The molecule has 0 saturated heterocycles. The first-order valence-electron chi connectivity index (χ1n) is 9.35. The molecule has 4 aromatic rings. The van der Waals surface area contributed by atoms with Crippen LogP contribution >= 0.6 is 0 Å². The van der Waals surface area contributed by atoms with Crippen molar-refractivity contribution in [2.45, 2.75) is 13.8 Å². The van der Waals surface area contributed by atoms with Gasteiger partial charge in [0.25, 0.3) is 0 Å². The lowest BCUT2D eigenvalue weighted by Crippen LogP contribution is -2.24. The van der Waals surface area contributed by atoms with E-state index in [1.807, 2.05) is 44.2 Å². The van der Waals surface area contributed by atoms with Crippen molar-refractivity contribution in [3.05, 3.63) is 54.1 Å². The number of aromatic nitrogens is 5. The van der Waals surface area contributed by atoms with Gasteiger partial charge in [0.15, 0.2) is 0 Å². The smallest absolute Gasteiger partial charge is 0.332 e. The van der Waals surface area contributed by atoms with Crippen molar-refractivity contribution in [1.29, 1.82) is 0 Å². The third-order valence-electron chi connectivity index (χ3n) is 4.89. The number of fused-ring (bicyclic) bond motifs is 1. The average Bonchev–Trinajstić information content (AvgIpc) is 3.28. The second kappa shape index (κ2) is 7.75. The molecule has 0 spiro atoms. The second-order valence-corrected chi connectivity index (χ2v) is 6.46. The molecule has 2 aromatic heterocycles. The molecule has 4 rings (SSSR count). The van der Waals surface area contributed by atoms with Crippen LogP contribution in [0, 0.1) is 0 Å². The number of hydrogen-bond donors (Lipinski definition) is 1. The third-order valence-corrected chi connectivity index (χ3v) is 4.89. The van der Waals surface area contributed by atoms with Crippen molar-refractivity contribution in [3.8, 4) is 22.5 Å². The van der Waals surface area contributed by atoms with Crippen LogP contribution in [0.15, 0.2) is 48.5 Å². The maximum atomic E-state index is 13.5. The standard InChI is InChI=1S/C21H19FN6O/c1-3-28(4-2)21-18(20-24-26-27-25-20)17(13-8-6-5-7-9-13)15-12-14(19(22)29)10-11-16(15)23-21/h5-12H,3-4H2,1-2H3,(H,24,25,26,27). The van der Waals surface area contributed by atoms with Crippen LogP contribution in [-0.2, 0) is 0 Å². The fourth-order valence-electron chi connectivity index (χ4n) is 3.51. The van der Waals surface area contributed by atoms with Crippen LogP contribution in [0.3, 0.4) is 0 Å². The van der Waals surface area contributed by atoms with Crippen LogP contribution in [0.5, 0.6) is 0 Å². The molecule has 0 saturated carbocycles. The molecule has 0 fully saturated rings. The van der Waals surface area contributed by atoms with Gasteiger partial charge in [0.05, 0.1) is 16.6 Å². The molecule has 29 heavy (non-hydrogen) atoms. The summed E-state index contributed by atoms with van der Waals surface area (Å²) in [5.74, 6) is 1.10. The van der Waals surface area contributed by atoms with E-state index >= 15 is 0 Å². The molecule has 2 heterocycles. The van der Waals surface area contributed by atoms with E-state index in [0.29, 0.717) is 28.1 Å². The number of rotatable bonds is 6. The monoisotopic (exact) mass is 390 g/mol. The fraction of sp³-hybridized carbons (Fsp3) is 0.190. The van der Waals surface area contributed by atoms with E-state index in [2.05, 4.69) is 25.5 Å². The Bertz CT molecular complexity index is 1160. The van der Waals surface area contributed by atoms with E-state index in [9.17, 15) is 9.18 Å². The van der Waals surface area contributed by atoms with Gasteiger partial charge < -0.3 is 4.90 Å². The molecular weight excluding hydrogens is 371 g/mol. The van der Waals surface area contributed by atoms with E-state index in [-0.39, 0.29) is 5.56 Å². The van der Waals surface area contributed by atoms with Gasteiger partial charge in [0.1, 0.15) is 5.82 Å².